The van der Waals surface area contributed by atoms with E-state index in [1.54, 1.807) is 0 Å². The third-order valence-electron chi connectivity index (χ3n) is 3.57. The largest absolute Gasteiger partial charge is 0.312 e. The Hall–Kier alpha value is -1.16. The molecule has 104 valence electrons. The summed E-state index contributed by atoms with van der Waals surface area (Å²) in [5.74, 6) is 0. The molecule has 0 radical (unpaired) electrons. The molecular formula is C14H21ClN4. The third kappa shape index (κ3) is 3.24. The lowest BCUT2D eigenvalue weighted by atomic mass is 10.1. The monoisotopic (exact) mass is 280 g/mol. The SMILES string of the molecule is CCCCCCC(CC)n1cnc2c(Cl)ncnc21. The topological polar surface area (TPSA) is 43.6 Å². The first-order valence-electron chi connectivity index (χ1n) is 7.11. The molecule has 0 aliphatic carbocycles. The molecule has 19 heavy (non-hydrogen) atoms. The molecule has 1 unspecified atom stereocenters. The lowest BCUT2D eigenvalue weighted by molar-refractivity contribution is 0.435. The molecule has 2 rings (SSSR count). The standard InChI is InChI=1S/C14H21ClN4/c1-3-5-6-7-8-11(4-2)19-10-18-12-13(15)16-9-17-14(12)19/h9-11H,3-8H2,1-2H3. The van der Waals surface area contributed by atoms with Gasteiger partial charge in [-0.2, -0.15) is 0 Å². The van der Waals surface area contributed by atoms with E-state index in [0.717, 1.165) is 12.1 Å². The fourth-order valence-corrected chi connectivity index (χ4v) is 2.61. The number of rotatable bonds is 7. The number of aromatic nitrogens is 4. The minimum atomic E-state index is 0.435. The van der Waals surface area contributed by atoms with E-state index in [2.05, 4.69) is 33.4 Å². The minimum absolute atomic E-state index is 0.435. The second-order valence-electron chi connectivity index (χ2n) is 4.90. The number of hydrogen-bond acceptors (Lipinski definition) is 3. The fourth-order valence-electron chi connectivity index (χ4n) is 2.44. The van der Waals surface area contributed by atoms with Crippen molar-refractivity contribution in [2.24, 2.45) is 0 Å². The Bertz CT molecular complexity index is 523. The van der Waals surface area contributed by atoms with Crippen LogP contribution in [0.2, 0.25) is 5.15 Å². The van der Waals surface area contributed by atoms with Crippen molar-refractivity contribution in [3.63, 3.8) is 0 Å². The molecule has 0 fully saturated rings. The summed E-state index contributed by atoms with van der Waals surface area (Å²) in [5.41, 5.74) is 1.55. The summed E-state index contributed by atoms with van der Waals surface area (Å²) in [7, 11) is 0. The molecule has 2 heterocycles. The van der Waals surface area contributed by atoms with Gasteiger partial charge in [0.05, 0.1) is 6.33 Å². The third-order valence-corrected chi connectivity index (χ3v) is 3.85. The van der Waals surface area contributed by atoms with Crippen LogP contribution < -0.4 is 0 Å². The van der Waals surface area contributed by atoms with Crippen molar-refractivity contribution in [3.05, 3.63) is 17.8 Å². The van der Waals surface area contributed by atoms with Gasteiger partial charge in [0, 0.05) is 6.04 Å². The van der Waals surface area contributed by atoms with Gasteiger partial charge in [0.1, 0.15) is 11.8 Å². The summed E-state index contributed by atoms with van der Waals surface area (Å²) in [4.78, 5) is 12.6. The van der Waals surface area contributed by atoms with Gasteiger partial charge in [-0.3, -0.25) is 0 Å². The van der Waals surface area contributed by atoms with Gasteiger partial charge in [0.2, 0.25) is 0 Å². The lowest BCUT2D eigenvalue weighted by Gasteiger charge is -2.16. The van der Waals surface area contributed by atoms with Crippen molar-refractivity contribution in [2.75, 3.05) is 0 Å². The van der Waals surface area contributed by atoms with E-state index in [1.165, 1.54) is 38.4 Å². The van der Waals surface area contributed by atoms with Crippen molar-refractivity contribution in [2.45, 2.75) is 58.4 Å². The van der Waals surface area contributed by atoms with Crippen molar-refractivity contribution in [3.8, 4) is 0 Å². The van der Waals surface area contributed by atoms with Crippen LogP contribution in [0.25, 0.3) is 11.2 Å². The van der Waals surface area contributed by atoms with E-state index in [-0.39, 0.29) is 0 Å². The fraction of sp³-hybridized carbons (Fsp3) is 0.643. The number of hydrogen-bond donors (Lipinski definition) is 0. The van der Waals surface area contributed by atoms with Crippen LogP contribution >= 0.6 is 11.6 Å². The number of unbranched alkanes of at least 4 members (excludes halogenated alkanes) is 3. The average molecular weight is 281 g/mol. The first-order valence-corrected chi connectivity index (χ1v) is 7.48. The first kappa shape index (κ1) is 14.3. The molecule has 1 atom stereocenters. The summed E-state index contributed by atoms with van der Waals surface area (Å²) in [6.07, 6.45) is 10.7. The Morgan fingerprint density at radius 1 is 1.16 bits per heavy atom. The highest BCUT2D eigenvalue weighted by Gasteiger charge is 2.14. The molecule has 0 aromatic carbocycles. The predicted octanol–water partition coefficient (Wildman–Crippen LogP) is 4.40. The Morgan fingerprint density at radius 2 is 2.00 bits per heavy atom. The molecule has 0 bridgehead atoms. The van der Waals surface area contributed by atoms with Gasteiger partial charge in [-0.05, 0) is 12.8 Å². The minimum Gasteiger partial charge on any atom is -0.312 e. The van der Waals surface area contributed by atoms with E-state index in [1.807, 2.05) is 6.33 Å². The smallest absolute Gasteiger partial charge is 0.165 e. The first-order chi connectivity index (χ1) is 9.27. The lowest BCUT2D eigenvalue weighted by Crippen LogP contribution is -2.07. The van der Waals surface area contributed by atoms with Crippen molar-refractivity contribution in [1.29, 1.82) is 0 Å². The Morgan fingerprint density at radius 3 is 2.74 bits per heavy atom. The molecule has 0 amide bonds. The molecular weight excluding hydrogens is 260 g/mol. The van der Waals surface area contributed by atoms with Crippen LogP contribution in [0, 0.1) is 0 Å². The molecule has 2 aromatic rings. The van der Waals surface area contributed by atoms with E-state index in [0.29, 0.717) is 16.7 Å². The molecule has 0 aliphatic rings. The predicted molar refractivity (Wildman–Crippen MR) is 78.4 cm³/mol. The van der Waals surface area contributed by atoms with Gasteiger partial charge < -0.3 is 4.57 Å². The Labute approximate surface area is 119 Å². The quantitative estimate of drug-likeness (QED) is 0.558. The maximum Gasteiger partial charge on any atom is 0.165 e. The van der Waals surface area contributed by atoms with E-state index in [9.17, 15) is 0 Å². The van der Waals surface area contributed by atoms with E-state index in [4.69, 9.17) is 11.6 Å². The molecule has 0 saturated heterocycles. The second-order valence-corrected chi connectivity index (χ2v) is 5.26. The zero-order chi connectivity index (χ0) is 13.7. The van der Waals surface area contributed by atoms with Crippen molar-refractivity contribution in [1.82, 2.24) is 19.5 Å². The van der Waals surface area contributed by atoms with Crippen molar-refractivity contribution >= 4 is 22.8 Å². The summed E-state index contributed by atoms with van der Waals surface area (Å²) in [6.45, 7) is 4.44. The Kier molecular flexibility index (Phi) is 5.14. The summed E-state index contributed by atoms with van der Waals surface area (Å²) >= 11 is 6.04. The highest BCUT2D eigenvalue weighted by molar-refractivity contribution is 6.33. The van der Waals surface area contributed by atoms with Crippen LogP contribution in [0.5, 0.6) is 0 Å². The van der Waals surface area contributed by atoms with Gasteiger partial charge >= 0.3 is 0 Å². The van der Waals surface area contributed by atoms with Gasteiger partial charge in [-0.1, -0.05) is 51.1 Å². The van der Waals surface area contributed by atoms with Gasteiger partial charge in [0.25, 0.3) is 0 Å². The van der Waals surface area contributed by atoms with Crippen LogP contribution in [-0.2, 0) is 0 Å². The highest BCUT2D eigenvalue weighted by atomic mass is 35.5. The average Bonchev–Trinajstić information content (AvgIpc) is 2.84. The number of imidazole rings is 1. The van der Waals surface area contributed by atoms with Crippen LogP contribution in [0.15, 0.2) is 12.7 Å². The molecule has 4 nitrogen and oxygen atoms in total. The maximum absolute atomic E-state index is 6.04. The van der Waals surface area contributed by atoms with E-state index < -0.39 is 0 Å². The zero-order valence-corrected chi connectivity index (χ0v) is 12.4. The molecule has 0 N–H and O–H groups in total. The van der Waals surface area contributed by atoms with Crippen molar-refractivity contribution < 1.29 is 0 Å². The Balaban J connectivity index is 2.14. The maximum atomic E-state index is 6.04. The van der Waals surface area contributed by atoms with Crippen LogP contribution in [0.1, 0.15) is 58.4 Å². The molecule has 0 aliphatic heterocycles. The second kappa shape index (κ2) is 6.85. The molecule has 2 aromatic heterocycles. The normalized spacial score (nSPS) is 13.0. The van der Waals surface area contributed by atoms with Crippen LogP contribution in [0.4, 0.5) is 0 Å². The summed E-state index contributed by atoms with van der Waals surface area (Å²) < 4.78 is 2.15. The van der Waals surface area contributed by atoms with Gasteiger partial charge in [-0.15, -0.1) is 0 Å². The number of halogens is 1. The highest BCUT2D eigenvalue weighted by Crippen LogP contribution is 2.25. The molecule has 0 saturated carbocycles. The van der Waals surface area contributed by atoms with Crippen LogP contribution in [-0.4, -0.2) is 19.5 Å². The summed E-state index contributed by atoms with van der Waals surface area (Å²) in [6, 6.07) is 0.452. The van der Waals surface area contributed by atoms with Crippen LogP contribution in [0.3, 0.4) is 0 Å². The number of fused-ring (bicyclic) bond motifs is 1. The zero-order valence-electron chi connectivity index (χ0n) is 11.6. The number of nitrogens with zero attached hydrogens (tertiary/aromatic N) is 4. The van der Waals surface area contributed by atoms with E-state index >= 15 is 0 Å². The van der Waals surface area contributed by atoms with Gasteiger partial charge in [-0.25, -0.2) is 15.0 Å². The van der Waals surface area contributed by atoms with Gasteiger partial charge in [0.15, 0.2) is 10.8 Å². The summed E-state index contributed by atoms with van der Waals surface area (Å²) in [5, 5.41) is 0.435. The molecule has 0 spiro atoms. The molecule has 5 heteroatoms.